The quantitative estimate of drug-likeness (QED) is 0.185. The lowest BCUT2D eigenvalue weighted by Crippen LogP contribution is -2.52. The number of benzene rings is 6. The molecule has 6 aromatic carbocycles. The topological polar surface area (TPSA) is 51.2 Å². The molecule has 2 heterocycles. The third-order valence-electron chi connectivity index (χ3n) is 9.83. The van der Waals surface area contributed by atoms with Crippen LogP contribution in [0.15, 0.2) is 165 Å². The molecule has 8 rings (SSSR count). The maximum Gasteiger partial charge on any atom is 0.207 e. The Morgan fingerprint density at radius 2 is 0.826 bits per heavy atom. The zero-order chi connectivity index (χ0) is 31.6. The number of hydrogen-bond acceptors (Lipinski definition) is 3. The number of hydrogen-bond donors (Lipinski definition) is 0. The van der Waals surface area contributed by atoms with E-state index in [1.807, 2.05) is 60.7 Å². The van der Waals surface area contributed by atoms with Gasteiger partial charge >= 0.3 is 0 Å². The summed E-state index contributed by atoms with van der Waals surface area (Å²) in [4.78, 5) is 2.58. The SMILES string of the molecule is C[Si](C)(c1ccc(C2c3ccccc3S(=O)c3ccccc32)cc1)c1ccc(C2c3ccccc3S(=O)(=O)c3ccccc32)cc1. The van der Waals surface area contributed by atoms with E-state index < -0.39 is 28.7 Å². The van der Waals surface area contributed by atoms with Crippen LogP contribution in [-0.4, -0.2) is 20.7 Å². The molecule has 0 saturated carbocycles. The Morgan fingerprint density at radius 3 is 1.26 bits per heavy atom. The molecule has 0 saturated heterocycles. The highest BCUT2D eigenvalue weighted by molar-refractivity contribution is 7.91. The molecule has 0 amide bonds. The first kappa shape index (κ1) is 29.1. The fourth-order valence-electron chi connectivity index (χ4n) is 7.34. The first-order valence-electron chi connectivity index (χ1n) is 15.5. The van der Waals surface area contributed by atoms with Gasteiger partial charge < -0.3 is 0 Å². The minimum absolute atomic E-state index is 0.0354. The first-order chi connectivity index (χ1) is 22.3. The molecule has 2 aliphatic rings. The summed E-state index contributed by atoms with van der Waals surface area (Å²) in [7, 11) is -6.81. The smallest absolute Gasteiger partial charge is 0.207 e. The Kier molecular flexibility index (Phi) is 6.87. The van der Waals surface area contributed by atoms with Gasteiger partial charge in [-0.1, -0.05) is 145 Å². The van der Waals surface area contributed by atoms with E-state index in [1.165, 1.54) is 15.9 Å². The fourth-order valence-corrected chi connectivity index (χ4v) is 12.9. The van der Waals surface area contributed by atoms with Crippen molar-refractivity contribution in [2.24, 2.45) is 0 Å². The van der Waals surface area contributed by atoms with E-state index in [2.05, 4.69) is 73.8 Å². The molecular weight excluding hydrogens is 621 g/mol. The molecule has 0 unspecified atom stereocenters. The Balaban J connectivity index is 1.14. The van der Waals surface area contributed by atoms with Crippen LogP contribution in [0.4, 0.5) is 0 Å². The minimum atomic E-state index is -3.57. The van der Waals surface area contributed by atoms with E-state index in [0.717, 1.165) is 37.6 Å². The average Bonchev–Trinajstić information content (AvgIpc) is 3.09. The maximum atomic E-state index is 13.5. The van der Waals surface area contributed by atoms with Crippen LogP contribution in [0, 0.1) is 0 Å². The van der Waals surface area contributed by atoms with Gasteiger partial charge in [-0.2, -0.15) is 0 Å². The van der Waals surface area contributed by atoms with Gasteiger partial charge in [-0.3, -0.25) is 0 Å². The van der Waals surface area contributed by atoms with Crippen molar-refractivity contribution in [2.45, 2.75) is 44.5 Å². The van der Waals surface area contributed by atoms with Crippen LogP contribution in [0.25, 0.3) is 0 Å². The van der Waals surface area contributed by atoms with Crippen LogP contribution in [0.1, 0.15) is 45.2 Å². The molecule has 2 aliphatic heterocycles. The Labute approximate surface area is 274 Å². The molecule has 6 heteroatoms. The van der Waals surface area contributed by atoms with Gasteiger partial charge in [0, 0.05) is 21.6 Å². The Bertz CT molecular complexity index is 2170. The first-order valence-corrected chi connectivity index (χ1v) is 21.1. The van der Waals surface area contributed by atoms with Crippen molar-refractivity contribution in [1.29, 1.82) is 0 Å². The molecule has 226 valence electrons. The Morgan fingerprint density at radius 1 is 0.478 bits per heavy atom. The molecule has 3 nitrogen and oxygen atoms in total. The Hall–Kier alpha value is -4.36. The van der Waals surface area contributed by atoms with Crippen molar-refractivity contribution in [3.05, 3.63) is 179 Å². The highest BCUT2D eigenvalue weighted by Crippen LogP contribution is 2.45. The van der Waals surface area contributed by atoms with Crippen LogP contribution < -0.4 is 10.4 Å². The second kappa shape index (κ2) is 10.9. The summed E-state index contributed by atoms with van der Waals surface area (Å²) in [5, 5.41) is 2.65. The van der Waals surface area contributed by atoms with E-state index >= 15 is 0 Å². The standard InChI is InChI=1S/C40H32O3S2Si/c1-46(2,29-23-19-27(20-24-29)39-31-11-3-7-15-35(31)44(41)36-16-8-4-12-32(36)39)30-25-21-28(22-26-30)40-33-13-5-9-17-37(33)45(42,43)38-18-10-6-14-34(38)40/h3-26,39-40H,1-2H3. The highest BCUT2D eigenvalue weighted by atomic mass is 32.2. The number of rotatable bonds is 4. The van der Waals surface area contributed by atoms with Gasteiger partial charge in [0.15, 0.2) is 0 Å². The van der Waals surface area contributed by atoms with E-state index in [4.69, 9.17) is 0 Å². The van der Waals surface area contributed by atoms with E-state index in [0.29, 0.717) is 9.79 Å². The van der Waals surface area contributed by atoms with Gasteiger partial charge in [0.25, 0.3) is 0 Å². The van der Waals surface area contributed by atoms with Crippen molar-refractivity contribution in [2.75, 3.05) is 0 Å². The molecular formula is C40H32O3S2Si. The summed E-state index contributed by atoms with van der Waals surface area (Å²) in [6, 6.07) is 48.9. The van der Waals surface area contributed by atoms with Crippen LogP contribution in [0.5, 0.6) is 0 Å². The van der Waals surface area contributed by atoms with Gasteiger partial charge in [-0.25, -0.2) is 12.6 Å². The normalized spacial score (nSPS) is 18.1. The van der Waals surface area contributed by atoms with Gasteiger partial charge in [-0.05, 0) is 57.6 Å². The summed E-state index contributed by atoms with van der Waals surface area (Å²) in [5.41, 5.74) is 6.17. The van der Waals surface area contributed by atoms with Crippen LogP contribution >= 0.6 is 0 Å². The van der Waals surface area contributed by atoms with Gasteiger partial charge in [0.1, 0.15) is 8.07 Å². The van der Waals surface area contributed by atoms with Crippen LogP contribution in [-0.2, 0) is 20.6 Å². The lowest BCUT2D eigenvalue weighted by Gasteiger charge is -2.30. The monoisotopic (exact) mass is 652 g/mol. The minimum Gasteiger partial charge on any atom is -0.249 e. The second-order valence-electron chi connectivity index (χ2n) is 12.7. The molecule has 0 fully saturated rings. The average molecular weight is 653 g/mol. The lowest BCUT2D eigenvalue weighted by atomic mass is 9.85. The van der Waals surface area contributed by atoms with Crippen molar-refractivity contribution in [3.8, 4) is 0 Å². The molecule has 0 radical (unpaired) electrons. The molecule has 46 heavy (non-hydrogen) atoms. The number of fused-ring (bicyclic) bond motifs is 4. The highest BCUT2D eigenvalue weighted by Gasteiger charge is 2.36. The molecule has 0 spiro atoms. The molecule has 0 aliphatic carbocycles. The van der Waals surface area contributed by atoms with Crippen molar-refractivity contribution in [3.63, 3.8) is 0 Å². The maximum absolute atomic E-state index is 13.5. The van der Waals surface area contributed by atoms with E-state index in [-0.39, 0.29) is 11.8 Å². The fraction of sp³-hybridized carbons (Fsp3) is 0.100. The summed E-state index contributed by atoms with van der Waals surface area (Å²) >= 11 is 0. The zero-order valence-corrected chi connectivity index (χ0v) is 28.2. The van der Waals surface area contributed by atoms with Gasteiger partial charge in [-0.15, -0.1) is 0 Å². The van der Waals surface area contributed by atoms with E-state index in [1.54, 1.807) is 24.3 Å². The third kappa shape index (κ3) is 4.42. The molecule has 0 atom stereocenters. The van der Waals surface area contributed by atoms with Crippen molar-refractivity contribution < 1.29 is 12.6 Å². The predicted molar refractivity (Wildman–Crippen MR) is 187 cm³/mol. The lowest BCUT2D eigenvalue weighted by molar-refractivity contribution is 0.589. The summed E-state index contributed by atoms with van der Waals surface area (Å²) in [5.74, 6) is -0.113. The molecule has 6 aromatic rings. The largest absolute Gasteiger partial charge is 0.249 e. The van der Waals surface area contributed by atoms with Crippen LogP contribution in [0.3, 0.4) is 0 Å². The van der Waals surface area contributed by atoms with Crippen molar-refractivity contribution in [1.82, 2.24) is 0 Å². The predicted octanol–water partition coefficient (Wildman–Crippen LogP) is 7.50. The summed E-state index contributed by atoms with van der Waals surface area (Å²) in [6.07, 6.45) is 0. The summed E-state index contributed by atoms with van der Waals surface area (Å²) < 4.78 is 40.3. The van der Waals surface area contributed by atoms with E-state index in [9.17, 15) is 12.6 Å². The summed E-state index contributed by atoms with van der Waals surface area (Å²) in [6.45, 7) is 4.76. The molecule has 0 bridgehead atoms. The van der Waals surface area contributed by atoms with Gasteiger partial charge in [0.2, 0.25) is 9.84 Å². The van der Waals surface area contributed by atoms with Crippen LogP contribution in [0.2, 0.25) is 13.1 Å². The number of sulfone groups is 1. The second-order valence-corrected chi connectivity index (χ2v) is 20.4. The molecule has 0 aromatic heterocycles. The van der Waals surface area contributed by atoms with Gasteiger partial charge in [0.05, 0.1) is 20.6 Å². The zero-order valence-electron chi connectivity index (χ0n) is 25.6. The third-order valence-corrected chi connectivity index (χ3v) is 16.8. The molecule has 0 N–H and O–H groups in total. The van der Waals surface area contributed by atoms with Crippen molar-refractivity contribution >= 4 is 39.1 Å².